The van der Waals surface area contributed by atoms with Crippen LogP contribution >= 0.6 is 28.1 Å². The molecule has 0 aliphatic carbocycles. The number of aromatic nitrogens is 1. The van der Waals surface area contributed by atoms with Gasteiger partial charge in [0.2, 0.25) is 5.89 Å². The first-order chi connectivity index (χ1) is 11.3. The summed E-state index contributed by atoms with van der Waals surface area (Å²) in [5.41, 5.74) is 10.9. The van der Waals surface area contributed by atoms with E-state index in [2.05, 4.69) is 26.2 Å². The molecule has 0 amide bonds. The Hall–Kier alpha value is -2.12. The Kier molecular flexibility index (Phi) is 4.23. The summed E-state index contributed by atoms with van der Waals surface area (Å²) in [4.78, 5) is 4.52. The molecule has 0 saturated heterocycles. The lowest BCUT2D eigenvalue weighted by molar-refractivity contribution is 0.470. The number of rotatable bonds is 2. The lowest BCUT2D eigenvalue weighted by atomic mass is 10.1. The lowest BCUT2D eigenvalue weighted by Gasteiger charge is -2.09. The number of aromatic hydroxyl groups is 1. The van der Waals surface area contributed by atoms with Crippen LogP contribution in [-0.4, -0.2) is 15.2 Å². The minimum Gasteiger partial charge on any atom is -0.507 e. The molecule has 24 heavy (non-hydrogen) atoms. The smallest absolute Gasteiger partial charge is 0.231 e. The minimum atomic E-state index is 0.111. The summed E-state index contributed by atoms with van der Waals surface area (Å²) in [7, 11) is 0. The quantitative estimate of drug-likeness (QED) is 0.428. The number of thiocarbonyl (C=S) groups is 1. The number of phenolic OH excluding ortho intramolecular Hbond substituents is 1. The van der Waals surface area contributed by atoms with Crippen LogP contribution in [0.1, 0.15) is 16.7 Å². The number of fused-ring (bicyclic) bond motifs is 1. The third kappa shape index (κ3) is 2.85. The van der Waals surface area contributed by atoms with Crippen molar-refractivity contribution in [2.75, 3.05) is 5.32 Å². The number of phenols is 1. The first-order valence-electron chi connectivity index (χ1n) is 7.24. The molecule has 3 aromatic rings. The second kappa shape index (κ2) is 6.07. The third-order valence-corrected chi connectivity index (χ3v) is 4.98. The van der Waals surface area contributed by atoms with Crippen LogP contribution in [0.2, 0.25) is 0 Å². The van der Waals surface area contributed by atoms with Gasteiger partial charge in [0.25, 0.3) is 0 Å². The van der Waals surface area contributed by atoms with Gasteiger partial charge in [-0.2, -0.15) is 0 Å². The molecule has 0 unspecified atom stereocenters. The lowest BCUT2D eigenvalue weighted by Crippen LogP contribution is -2.18. The highest BCUT2D eigenvalue weighted by molar-refractivity contribution is 9.10. The van der Waals surface area contributed by atoms with Crippen molar-refractivity contribution in [2.24, 2.45) is 5.73 Å². The Bertz CT molecular complexity index is 982. The third-order valence-electron chi connectivity index (χ3n) is 3.93. The molecule has 0 atom stereocenters. The maximum Gasteiger partial charge on any atom is 0.231 e. The normalized spacial score (nSPS) is 11.0. The van der Waals surface area contributed by atoms with Gasteiger partial charge in [-0.25, -0.2) is 4.98 Å². The molecule has 5 nitrogen and oxygen atoms in total. The summed E-state index contributed by atoms with van der Waals surface area (Å²) < 4.78 is 6.77. The zero-order valence-electron chi connectivity index (χ0n) is 13.4. The monoisotopic (exact) mass is 405 g/mol. The van der Waals surface area contributed by atoms with Crippen LogP contribution in [0.4, 0.5) is 5.69 Å². The Labute approximate surface area is 153 Å². The maximum absolute atomic E-state index is 10.4. The van der Waals surface area contributed by atoms with E-state index in [-0.39, 0.29) is 10.9 Å². The van der Waals surface area contributed by atoms with Crippen LogP contribution < -0.4 is 11.1 Å². The Morgan fingerprint density at radius 3 is 2.62 bits per heavy atom. The number of anilines is 1. The van der Waals surface area contributed by atoms with Crippen LogP contribution in [0, 0.1) is 20.8 Å². The molecule has 4 N–H and O–H groups in total. The van der Waals surface area contributed by atoms with Crippen LogP contribution in [0.3, 0.4) is 0 Å². The number of halogens is 1. The van der Waals surface area contributed by atoms with Gasteiger partial charge in [0.15, 0.2) is 10.7 Å². The molecule has 0 saturated carbocycles. The van der Waals surface area contributed by atoms with Gasteiger partial charge in [0.05, 0.1) is 10.0 Å². The van der Waals surface area contributed by atoms with Crippen molar-refractivity contribution in [1.29, 1.82) is 0 Å². The second-order valence-corrected chi connectivity index (χ2v) is 6.91. The fourth-order valence-corrected chi connectivity index (χ4v) is 3.23. The van der Waals surface area contributed by atoms with E-state index >= 15 is 0 Å². The maximum atomic E-state index is 10.4. The number of hydrogen-bond donors (Lipinski definition) is 3. The Morgan fingerprint density at radius 1 is 1.25 bits per heavy atom. The zero-order valence-corrected chi connectivity index (χ0v) is 15.8. The van der Waals surface area contributed by atoms with E-state index in [0.717, 1.165) is 21.1 Å². The number of aryl methyl sites for hydroxylation is 2. The minimum absolute atomic E-state index is 0.111. The van der Waals surface area contributed by atoms with Crippen molar-refractivity contribution in [1.82, 2.24) is 4.98 Å². The Morgan fingerprint density at radius 2 is 1.96 bits per heavy atom. The van der Waals surface area contributed by atoms with Gasteiger partial charge < -0.3 is 20.6 Å². The van der Waals surface area contributed by atoms with Gasteiger partial charge in [0.1, 0.15) is 11.3 Å². The number of hydrogen-bond acceptors (Lipinski definition) is 4. The molecule has 1 aromatic heterocycles. The molecule has 2 aromatic carbocycles. The molecule has 0 radical (unpaired) electrons. The fraction of sp³-hybridized carbons (Fsp3) is 0.176. The summed E-state index contributed by atoms with van der Waals surface area (Å²) >= 11 is 8.43. The van der Waals surface area contributed by atoms with E-state index in [9.17, 15) is 5.11 Å². The standard InChI is InChI=1S/C17H16BrN3O2S/c1-7-5-12-15(13(18)9(7)3)23-16(21-12)11-6-10(20-17(19)24)4-8(2)14(11)22/h4-6,22H,1-3H3,(H3,19,20,24). The van der Waals surface area contributed by atoms with Gasteiger partial charge >= 0.3 is 0 Å². The number of nitrogens with two attached hydrogens (primary N) is 1. The fourth-order valence-electron chi connectivity index (χ4n) is 2.52. The summed E-state index contributed by atoms with van der Waals surface area (Å²) in [5.74, 6) is 0.447. The largest absolute Gasteiger partial charge is 0.507 e. The van der Waals surface area contributed by atoms with Crippen molar-refractivity contribution in [2.45, 2.75) is 20.8 Å². The summed E-state index contributed by atoms with van der Waals surface area (Å²) in [6, 6.07) is 5.42. The highest BCUT2D eigenvalue weighted by Gasteiger charge is 2.18. The van der Waals surface area contributed by atoms with Gasteiger partial charge in [-0.1, -0.05) is 0 Å². The number of oxazole rings is 1. The van der Waals surface area contributed by atoms with Gasteiger partial charge in [-0.3, -0.25) is 0 Å². The van der Waals surface area contributed by atoms with E-state index in [4.69, 9.17) is 22.4 Å². The highest BCUT2D eigenvalue weighted by Crippen LogP contribution is 2.38. The Balaban J connectivity index is 2.22. The molecule has 3 rings (SSSR count). The molecule has 0 aliphatic rings. The van der Waals surface area contributed by atoms with Crippen LogP contribution in [-0.2, 0) is 0 Å². The van der Waals surface area contributed by atoms with Crippen LogP contribution in [0.5, 0.6) is 5.75 Å². The molecule has 7 heteroatoms. The van der Waals surface area contributed by atoms with Crippen molar-refractivity contribution in [3.05, 3.63) is 39.4 Å². The molecule has 1 heterocycles. The highest BCUT2D eigenvalue weighted by atomic mass is 79.9. The first kappa shape index (κ1) is 16.7. The topological polar surface area (TPSA) is 84.3 Å². The zero-order chi connectivity index (χ0) is 17.6. The number of nitrogens with one attached hydrogen (secondary N) is 1. The molecule has 0 spiro atoms. The molecule has 0 aliphatic heterocycles. The molecular weight excluding hydrogens is 390 g/mol. The van der Waals surface area contributed by atoms with E-state index in [0.29, 0.717) is 28.3 Å². The summed E-state index contributed by atoms with van der Waals surface area (Å²) in [6.45, 7) is 5.81. The van der Waals surface area contributed by atoms with Crippen molar-refractivity contribution in [3.63, 3.8) is 0 Å². The number of nitrogens with zero attached hydrogens (tertiary/aromatic N) is 1. The second-order valence-electron chi connectivity index (χ2n) is 5.68. The van der Waals surface area contributed by atoms with E-state index < -0.39 is 0 Å². The van der Waals surface area contributed by atoms with Gasteiger partial charge in [0, 0.05) is 5.69 Å². The van der Waals surface area contributed by atoms with Crippen LogP contribution in [0.15, 0.2) is 27.1 Å². The molecular formula is C17H16BrN3O2S. The summed E-state index contributed by atoms with van der Waals surface area (Å²) in [6.07, 6.45) is 0. The SMILES string of the molecule is Cc1cc2nc(-c3cc(NC(N)=S)cc(C)c3O)oc2c(Br)c1C. The van der Waals surface area contributed by atoms with Crippen molar-refractivity contribution >= 4 is 50.0 Å². The predicted octanol–water partition coefficient (Wildman–Crippen LogP) is 4.54. The van der Waals surface area contributed by atoms with Gasteiger partial charge in [-0.15, -0.1) is 0 Å². The number of benzene rings is 2. The summed E-state index contributed by atoms with van der Waals surface area (Å²) in [5, 5.41) is 13.4. The molecule has 124 valence electrons. The van der Waals surface area contributed by atoms with Crippen molar-refractivity contribution < 1.29 is 9.52 Å². The van der Waals surface area contributed by atoms with E-state index in [1.54, 1.807) is 19.1 Å². The average Bonchev–Trinajstić information content (AvgIpc) is 2.91. The first-order valence-corrected chi connectivity index (χ1v) is 8.44. The average molecular weight is 406 g/mol. The van der Waals surface area contributed by atoms with Gasteiger partial charge in [-0.05, 0) is 83.8 Å². The van der Waals surface area contributed by atoms with Crippen molar-refractivity contribution in [3.8, 4) is 17.2 Å². The molecule has 0 bridgehead atoms. The van der Waals surface area contributed by atoms with Crippen LogP contribution in [0.25, 0.3) is 22.6 Å². The predicted molar refractivity (Wildman–Crippen MR) is 103 cm³/mol. The van der Waals surface area contributed by atoms with E-state index in [1.165, 1.54) is 0 Å². The van der Waals surface area contributed by atoms with E-state index in [1.807, 2.05) is 19.9 Å². The molecule has 0 fully saturated rings.